The Bertz CT molecular complexity index is 472. The number of nitrogens with two attached hydrogens (primary N) is 1. The molecule has 0 spiro atoms. The first-order valence-electron chi connectivity index (χ1n) is 7.52. The maximum absolute atomic E-state index is 6.12. The van der Waals surface area contributed by atoms with Crippen molar-refractivity contribution in [2.45, 2.75) is 37.8 Å². The molecule has 4 heteroatoms. The van der Waals surface area contributed by atoms with Gasteiger partial charge in [-0.1, -0.05) is 15.9 Å². The van der Waals surface area contributed by atoms with E-state index in [1.807, 2.05) is 6.07 Å². The lowest BCUT2D eigenvalue weighted by atomic mass is 10.0. The summed E-state index contributed by atoms with van der Waals surface area (Å²) in [7, 11) is 1.72. The number of halogens is 1. The summed E-state index contributed by atoms with van der Waals surface area (Å²) in [5.74, 6) is 1.80. The molecule has 2 fully saturated rings. The van der Waals surface area contributed by atoms with Crippen LogP contribution in [-0.2, 0) is 0 Å². The molecule has 2 saturated carbocycles. The number of hydrogen-bond acceptors (Lipinski definition) is 3. The molecule has 2 aliphatic carbocycles. The van der Waals surface area contributed by atoms with Gasteiger partial charge in [-0.25, -0.2) is 0 Å². The topological polar surface area (TPSA) is 38.5 Å². The standard InChI is InChI=1S/C16H23BrN2O/c1-20-13-6-7-15(17)14(8-13)16(9-18)19(12-4-5-12)10-11-2-3-11/h6-8,11-12,16H,2-5,9-10,18H2,1H3. The number of nitrogens with zero attached hydrogens (tertiary/aromatic N) is 1. The number of hydrogen-bond donors (Lipinski definition) is 1. The van der Waals surface area contributed by atoms with E-state index in [0.29, 0.717) is 12.6 Å². The third kappa shape index (κ3) is 3.18. The smallest absolute Gasteiger partial charge is 0.119 e. The summed E-state index contributed by atoms with van der Waals surface area (Å²) in [5.41, 5.74) is 7.39. The molecule has 1 atom stereocenters. The second-order valence-electron chi connectivity index (χ2n) is 6.01. The summed E-state index contributed by atoms with van der Waals surface area (Å²) in [6, 6.07) is 7.22. The highest BCUT2D eigenvalue weighted by atomic mass is 79.9. The van der Waals surface area contributed by atoms with Crippen molar-refractivity contribution >= 4 is 15.9 Å². The number of ether oxygens (including phenoxy) is 1. The molecule has 0 aliphatic heterocycles. The molecule has 1 aromatic carbocycles. The van der Waals surface area contributed by atoms with Crippen LogP contribution in [0.3, 0.4) is 0 Å². The fraction of sp³-hybridized carbons (Fsp3) is 0.625. The molecule has 0 heterocycles. The number of benzene rings is 1. The minimum absolute atomic E-state index is 0.299. The Morgan fingerprint density at radius 3 is 2.65 bits per heavy atom. The van der Waals surface area contributed by atoms with E-state index < -0.39 is 0 Å². The quantitative estimate of drug-likeness (QED) is 0.828. The van der Waals surface area contributed by atoms with E-state index in [1.54, 1.807) is 7.11 Å². The summed E-state index contributed by atoms with van der Waals surface area (Å²) in [6.45, 7) is 1.87. The van der Waals surface area contributed by atoms with Crippen LogP contribution in [0.1, 0.15) is 37.3 Å². The molecule has 0 radical (unpaired) electrons. The summed E-state index contributed by atoms with van der Waals surface area (Å²) in [4.78, 5) is 2.64. The zero-order valence-electron chi connectivity index (χ0n) is 12.0. The molecule has 3 nitrogen and oxygen atoms in total. The molecule has 0 bridgehead atoms. The minimum atomic E-state index is 0.299. The average molecular weight is 339 g/mol. The predicted molar refractivity (Wildman–Crippen MR) is 84.9 cm³/mol. The second-order valence-corrected chi connectivity index (χ2v) is 6.86. The zero-order chi connectivity index (χ0) is 14.1. The molecular formula is C16H23BrN2O. The van der Waals surface area contributed by atoms with Crippen LogP contribution < -0.4 is 10.5 Å². The molecule has 20 heavy (non-hydrogen) atoms. The zero-order valence-corrected chi connectivity index (χ0v) is 13.6. The Kier molecular flexibility index (Phi) is 4.34. The lowest BCUT2D eigenvalue weighted by Crippen LogP contribution is -2.37. The summed E-state index contributed by atoms with van der Waals surface area (Å²) < 4.78 is 6.51. The molecule has 0 saturated heterocycles. The van der Waals surface area contributed by atoms with Crippen molar-refractivity contribution in [2.75, 3.05) is 20.2 Å². The Hall–Kier alpha value is -0.580. The molecule has 0 amide bonds. The molecule has 2 N–H and O–H groups in total. The highest BCUT2D eigenvalue weighted by molar-refractivity contribution is 9.10. The van der Waals surface area contributed by atoms with Crippen LogP contribution in [0.4, 0.5) is 0 Å². The first-order chi connectivity index (χ1) is 9.72. The van der Waals surface area contributed by atoms with Gasteiger partial charge < -0.3 is 10.5 Å². The van der Waals surface area contributed by atoms with Crippen LogP contribution in [0.5, 0.6) is 5.75 Å². The first kappa shape index (κ1) is 14.4. The van der Waals surface area contributed by atoms with Gasteiger partial charge in [0.25, 0.3) is 0 Å². The molecule has 0 aromatic heterocycles. The molecule has 2 aliphatic rings. The van der Waals surface area contributed by atoms with Gasteiger partial charge in [0.2, 0.25) is 0 Å². The van der Waals surface area contributed by atoms with Gasteiger partial charge in [-0.05, 0) is 55.4 Å². The van der Waals surface area contributed by atoms with Crippen molar-refractivity contribution in [3.05, 3.63) is 28.2 Å². The minimum Gasteiger partial charge on any atom is -0.497 e. The van der Waals surface area contributed by atoms with Crippen LogP contribution in [0.15, 0.2) is 22.7 Å². The van der Waals surface area contributed by atoms with Crippen LogP contribution in [-0.4, -0.2) is 31.1 Å². The van der Waals surface area contributed by atoms with Gasteiger partial charge in [-0.3, -0.25) is 4.90 Å². The molecule has 3 rings (SSSR count). The van der Waals surface area contributed by atoms with E-state index in [-0.39, 0.29) is 0 Å². The maximum atomic E-state index is 6.12. The lowest BCUT2D eigenvalue weighted by Gasteiger charge is -2.32. The highest BCUT2D eigenvalue weighted by Crippen LogP contribution is 2.41. The second kappa shape index (κ2) is 6.04. The Labute approximate surface area is 129 Å². The van der Waals surface area contributed by atoms with Crippen LogP contribution in [0.25, 0.3) is 0 Å². The summed E-state index contributed by atoms with van der Waals surface area (Å²) >= 11 is 3.68. The predicted octanol–water partition coefficient (Wildman–Crippen LogP) is 3.33. The van der Waals surface area contributed by atoms with Gasteiger partial charge in [-0.15, -0.1) is 0 Å². The summed E-state index contributed by atoms with van der Waals surface area (Å²) in [6.07, 6.45) is 5.43. The monoisotopic (exact) mass is 338 g/mol. The Morgan fingerprint density at radius 2 is 2.10 bits per heavy atom. The Balaban J connectivity index is 1.86. The van der Waals surface area contributed by atoms with Gasteiger partial charge in [0.1, 0.15) is 5.75 Å². The van der Waals surface area contributed by atoms with Gasteiger partial charge in [0, 0.05) is 29.6 Å². The maximum Gasteiger partial charge on any atom is 0.119 e. The van der Waals surface area contributed by atoms with Crippen molar-refractivity contribution < 1.29 is 4.74 Å². The fourth-order valence-corrected chi connectivity index (χ4v) is 3.39. The normalized spacial score (nSPS) is 20.2. The van der Waals surface area contributed by atoms with E-state index in [9.17, 15) is 0 Å². The fourth-order valence-electron chi connectivity index (χ4n) is 2.88. The van der Waals surface area contributed by atoms with Crippen molar-refractivity contribution in [3.63, 3.8) is 0 Å². The summed E-state index contributed by atoms with van der Waals surface area (Å²) in [5, 5.41) is 0. The van der Waals surface area contributed by atoms with Crippen molar-refractivity contribution in [1.82, 2.24) is 4.90 Å². The molecular weight excluding hydrogens is 316 g/mol. The van der Waals surface area contributed by atoms with Gasteiger partial charge in [0.05, 0.1) is 7.11 Å². The lowest BCUT2D eigenvalue weighted by molar-refractivity contribution is 0.182. The van der Waals surface area contributed by atoms with E-state index in [2.05, 4.69) is 33.0 Å². The number of methoxy groups -OCH3 is 1. The molecule has 1 aromatic rings. The van der Waals surface area contributed by atoms with E-state index in [4.69, 9.17) is 10.5 Å². The van der Waals surface area contributed by atoms with E-state index in [0.717, 1.165) is 22.2 Å². The molecule has 110 valence electrons. The van der Waals surface area contributed by atoms with Crippen molar-refractivity contribution in [2.24, 2.45) is 11.7 Å². The van der Waals surface area contributed by atoms with Crippen LogP contribution in [0, 0.1) is 5.92 Å². The largest absolute Gasteiger partial charge is 0.497 e. The third-order valence-corrected chi connectivity index (χ3v) is 5.09. The van der Waals surface area contributed by atoms with Crippen LogP contribution >= 0.6 is 15.9 Å². The number of rotatable bonds is 7. The van der Waals surface area contributed by atoms with E-state index in [1.165, 1.54) is 37.8 Å². The third-order valence-electron chi connectivity index (χ3n) is 4.37. The first-order valence-corrected chi connectivity index (χ1v) is 8.31. The van der Waals surface area contributed by atoms with Gasteiger partial charge in [-0.2, -0.15) is 0 Å². The van der Waals surface area contributed by atoms with Crippen LogP contribution in [0.2, 0.25) is 0 Å². The van der Waals surface area contributed by atoms with E-state index >= 15 is 0 Å². The van der Waals surface area contributed by atoms with Crippen molar-refractivity contribution in [3.8, 4) is 5.75 Å². The van der Waals surface area contributed by atoms with Gasteiger partial charge in [0.15, 0.2) is 0 Å². The van der Waals surface area contributed by atoms with Gasteiger partial charge >= 0.3 is 0 Å². The molecule has 1 unspecified atom stereocenters. The highest BCUT2D eigenvalue weighted by Gasteiger charge is 2.38. The SMILES string of the molecule is COc1ccc(Br)c(C(CN)N(CC2CC2)C2CC2)c1. The average Bonchev–Trinajstić information content (AvgIpc) is 3.33. The Morgan fingerprint density at radius 1 is 1.35 bits per heavy atom. The van der Waals surface area contributed by atoms with Crippen molar-refractivity contribution in [1.29, 1.82) is 0 Å².